The molecule has 0 fully saturated rings. The third-order valence-corrected chi connectivity index (χ3v) is 2.36. The third kappa shape index (κ3) is 3.32. The first kappa shape index (κ1) is 11.0. The summed E-state index contributed by atoms with van der Waals surface area (Å²) in [7, 11) is 1.96. The summed E-state index contributed by atoms with van der Waals surface area (Å²) in [5.41, 5.74) is 0. The number of ketones is 1. The minimum Gasteiger partial charge on any atom is -0.338 e. The molecule has 78 valence electrons. The maximum absolute atomic E-state index is 11.4. The van der Waals surface area contributed by atoms with Crippen LogP contribution in [0.1, 0.15) is 38.4 Å². The summed E-state index contributed by atoms with van der Waals surface area (Å²) in [6.45, 7) is 2.10. The van der Waals surface area contributed by atoms with Gasteiger partial charge in [-0.15, -0.1) is 0 Å². The second-order valence-corrected chi connectivity index (χ2v) is 3.60. The SMILES string of the molecule is CCCCC(=O)CCc1nccn1C. The third-order valence-electron chi connectivity index (χ3n) is 2.36. The van der Waals surface area contributed by atoms with E-state index >= 15 is 0 Å². The van der Waals surface area contributed by atoms with Crippen LogP contribution in [0.5, 0.6) is 0 Å². The lowest BCUT2D eigenvalue weighted by Crippen LogP contribution is -2.03. The summed E-state index contributed by atoms with van der Waals surface area (Å²) in [4.78, 5) is 15.6. The summed E-state index contributed by atoms with van der Waals surface area (Å²) < 4.78 is 1.97. The van der Waals surface area contributed by atoms with Gasteiger partial charge < -0.3 is 4.57 Å². The summed E-state index contributed by atoms with van der Waals surface area (Å²) in [6, 6.07) is 0. The minimum absolute atomic E-state index is 0.356. The Hall–Kier alpha value is -1.12. The number of hydrogen-bond acceptors (Lipinski definition) is 2. The molecule has 0 aliphatic rings. The van der Waals surface area contributed by atoms with Crippen molar-refractivity contribution in [2.45, 2.75) is 39.0 Å². The Kier molecular flexibility index (Phi) is 4.36. The van der Waals surface area contributed by atoms with Crippen molar-refractivity contribution < 1.29 is 4.79 Å². The lowest BCUT2D eigenvalue weighted by atomic mass is 10.1. The molecule has 3 nitrogen and oxygen atoms in total. The van der Waals surface area contributed by atoms with Gasteiger partial charge in [0.1, 0.15) is 11.6 Å². The zero-order valence-corrected chi connectivity index (χ0v) is 8.99. The van der Waals surface area contributed by atoms with Crippen LogP contribution < -0.4 is 0 Å². The molecule has 0 atom stereocenters. The first-order chi connectivity index (χ1) is 6.74. The van der Waals surface area contributed by atoms with Gasteiger partial charge in [-0.3, -0.25) is 4.79 Å². The Morgan fingerprint density at radius 3 is 2.86 bits per heavy atom. The standard InChI is InChI=1S/C11H18N2O/c1-3-4-5-10(14)6-7-11-12-8-9-13(11)2/h8-9H,3-7H2,1-2H3. The van der Waals surface area contributed by atoms with E-state index in [1.807, 2.05) is 17.8 Å². The number of rotatable bonds is 6. The molecule has 0 aliphatic heterocycles. The van der Waals surface area contributed by atoms with E-state index in [0.717, 1.165) is 31.5 Å². The van der Waals surface area contributed by atoms with Crippen LogP contribution in [0.15, 0.2) is 12.4 Å². The Labute approximate surface area is 85.2 Å². The number of Topliss-reactive ketones (excluding diaryl/α,β-unsaturated/α-hetero) is 1. The molecule has 3 heteroatoms. The molecule has 1 rings (SSSR count). The Morgan fingerprint density at radius 1 is 1.50 bits per heavy atom. The molecule has 0 aromatic carbocycles. The van der Waals surface area contributed by atoms with Crippen molar-refractivity contribution in [3.63, 3.8) is 0 Å². The number of unbranched alkanes of at least 4 members (excludes halogenated alkanes) is 1. The van der Waals surface area contributed by atoms with E-state index in [4.69, 9.17) is 0 Å². The van der Waals surface area contributed by atoms with Crippen LogP contribution in [-0.4, -0.2) is 15.3 Å². The number of carbonyl (C=O) groups excluding carboxylic acids is 1. The van der Waals surface area contributed by atoms with Gasteiger partial charge in [-0.1, -0.05) is 13.3 Å². The first-order valence-electron chi connectivity index (χ1n) is 5.22. The average molecular weight is 194 g/mol. The molecule has 0 spiro atoms. The van der Waals surface area contributed by atoms with Gasteiger partial charge in [0.2, 0.25) is 0 Å². The molecule has 0 saturated carbocycles. The fraction of sp³-hybridized carbons (Fsp3) is 0.636. The highest BCUT2D eigenvalue weighted by atomic mass is 16.1. The van der Waals surface area contributed by atoms with E-state index in [1.165, 1.54) is 0 Å². The lowest BCUT2D eigenvalue weighted by Gasteiger charge is -2.00. The van der Waals surface area contributed by atoms with Crippen LogP contribution in [0.25, 0.3) is 0 Å². The summed E-state index contributed by atoms with van der Waals surface area (Å²) in [5.74, 6) is 1.35. The van der Waals surface area contributed by atoms with E-state index < -0.39 is 0 Å². The van der Waals surface area contributed by atoms with Crippen LogP contribution in [0.3, 0.4) is 0 Å². The first-order valence-corrected chi connectivity index (χ1v) is 5.22. The van der Waals surface area contributed by atoms with Gasteiger partial charge in [-0.2, -0.15) is 0 Å². The van der Waals surface area contributed by atoms with Gasteiger partial charge in [-0.25, -0.2) is 4.98 Å². The van der Waals surface area contributed by atoms with Crippen LogP contribution in [0.4, 0.5) is 0 Å². The molecular formula is C11H18N2O. The maximum atomic E-state index is 11.4. The molecule has 1 aromatic rings. The van der Waals surface area contributed by atoms with Crippen LogP contribution in [-0.2, 0) is 18.3 Å². The van der Waals surface area contributed by atoms with Crippen LogP contribution >= 0.6 is 0 Å². The number of hydrogen-bond donors (Lipinski definition) is 0. The van der Waals surface area contributed by atoms with E-state index in [2.05, 4.69) is 11.9 Å². The average Bonchev–Trinajstić information content (AvgIpc) is 2.58. The Balaban J connectivity index is 2.27. The van der Waals surface area contributed by atoms with Crippen molar-refractivity contribution in [3.8, 4) is 0 Å². The van der Waals surface area contributed by atoms with Gasteiger partial charge in [0.25, 0.3) is 0 Å². The zero-order chi connectivity index (χ0) is 10.4. The topological polar surface area (TPSA) is 34.9 Å². The van der Waals surface area contributed by atoms with Crippen molar-refractivity contribution in [2.24, 2.45) is 7.05 Å². The molecule has 0 aliphatic carbocycles. The number of aryl methyl sites for hydroxylation is 2. The molecule has 0 amide bonds. The predicted molar refractivity (Wildman–Crippen MR) is 56.1 cm³/mol. The van der Waals surface area contributed by atoms with Crippen molar-refractivity contribution >= 4 is 5.78 Å². The summed E-state index contributed by atoms with van der Waals surface area (Å²) in [6.07, 6.45) is 7.91. The van der Waals surface area contributed by atoms with E-state index in [-0.39, 0.29) is 0 Å². The van der Waals surface area contributed by atoms with Gasteiger partial charge in [0.05, 0.1) is 0 Å². The van der Waals surface area contributed by atoms with Crippen molar-refractivity contribution in [1.82, 2.24) is 9.55 Å². The quantitative estimate of drug-likeness (QED) is 0.695. The second kappa shape index (κ2) is 5.58. The largest absolute Gasteiger partial charge is 0.338 e. The highest BCUT2D eigenvalue weighted by Crippen LogP contribution is 2.03. The molecular weight excluding hydrogens is 176 g/mol. The van der Waals surface area contributed by atoms with Crippen molar-refractivity contribution in [2.75, 3.05) is 0 Å². The van der Waals surface area contributed by atoms with Gasteiger partial charge in [0.15, 0.2) is 0 Å². The number of aromatic nitrogens is 2. The highest BCUT2D eigenvalue weighted by molar-refractivity contribution is 5.78. The molecule has 0 radical (unpaired) electrons. The van der Waals surface area contributed by atoms with Gasteiger partial charge >= 0.3 is 0 Å². The minimum atomic E-state index is 0.356. The second-order valence-electron chi connectivity index (χ2n) is 3.60. The zero-order valence-electron chi connectivity index (χ0n) is 8.99. The number of imidazole rings is 1. The fourth-order valence-electron chi connectivity index (χ4n) is 1.39. The van der Waals surface area contributed by atoms with E-state index in [9.17, 15) is 4.79 Å². The van der Waals surface area contributed by atoms with Gasteiger partial charge in [0, 0.05) is 38.7 Å². The van der Waals surface area contributed by atoms with E-state index in [1.54, 1.807) is 6.20 Å². The lowest BCUT2D eigenvalue weighted by molar-refractivity contribution is -0.119. The maximum Gasteiger partial charge on any atom is 0.133 e. The number of nitrogens with zero attached hydrogens (tertiary/aromatic N) is 2. The van der Waals surface area contributed by atoms with Crippen LogP contribution in [0, 0.1) is 0 Å². The molecule has 0 unspecified atom stereocenters. The molecule has 0 saturated heterocycles. The summed E-state index contributed by atoms with van der Waals surface area (Å²) >= 11 is 0. The molecule has 1 aromatic heterocycles. The van der Waals surface area contributed by atoms with Crippen molar-refractivity contribution in [3.05, 3.63) is 18.2 Å². The smallest absolute Gasteiger partial charge is 0.133 e. The monoisotopic (exact) mass is 194 g/mol. The van der Waals surface area contributed by atoms with Gasteiger partial charge in [-0.05, 0) is 6.42 Å². The molecule has 1 heterocycles. The van der Waals surface area contributed by atoms with Crippen molar-refractivity contribution in [1.29, 1.82) is 0 Å². The fourth-order valence-corrected chi connectivity index (χ4v) is 1.39. The molecule has 14 heavy (non-hydrogen) atoms. The molecule has 0 N–H and O–H groups in total. The Morgan fingerprint density at radius 2 is 2.29 bits per heavy atom. The normalized spacial score (nSPS) is 10.4. The predicted octanol–water partition coefficient (Wildman–Crippen LogP) is 2.11. The number of carbonyl (C=O) groups is 1. The summed E-state index contributed by atoms with van der Waals surface area (Å²) in [5, 5.41) is 0. The molecule has 0 bridgehead atoms. The van der Waals surface area contributed by atoms with Crippen LogP contribution in [0.2, 0.25) is 0 Å². The Bertz CT molecular complexity index is 291. The van der Waals surface area contributed by atoms with E-state index in [0.29, 0.717) is 12.2 Å². The highest BCUT2D eigenvalue weighted by Gasteiger charge is 2.04.